The monoisotopic (exact) mass is 438 g/mol. The molecule has 0 unspecified atom stereocenters. The van der Waals surface area contributed by atoms with Gasteiger partial charge in [0.05, 0.1) is 5.70 Å². The second kappa shape index (κ2) is 7.57. The van der Waals surface area contributed by atoms with Gasteiger partial charge in [-0.2, -0.15) is 10.1 Å². The molecule has 1 aromatic heterocycles. The van der Waals surface area contributed by atoms with Gasteiger partial charge < -0.3 is 10.1 Å². The van der Waals surface area contributed by atoms with Crippen LogP contribution in [-0.2, 0) is 0 Å². The molecule has 0 fully saturated rings. The largest absolute Gasteiger partial charge is 0.480 e. The van der Waals surface area contributed by atoms with Crippen LogP contribution in [0.2, 0.25) is 0 Å². The van der Waals surface area contributed by atoms with Crippen LogP contribution in [0, 0.1) is 6.92 Å². The van der Waals surface area contributed by atoms with E-state index in [1.807, 2.05) is 22.9 Å². The molecular weight excluding hydrogens is 416 g/mol. The van der Waals surface area contributed by atoms with E-state index >= 15 is 0 Å². The summed E-state index contributed by atoms with van der Waals surface area (Å²) in [4.78, 5) is 5.73. The summed E-state index contributed by atoms with van der Waals surface area (Å²) in [6.07, 6.45) is 3.46. The zero-order chi connectivity index (χ0) is 21.7. The van der Waals surface area contributed by atoms with E-state index in [1.165, 1.54) is 10.5 Å². The van der Waals surface area contributed by atoms with Crippen LogP contribution in [0.3, 0.4) is 0 Å². The first-order valence-corrected chi connectivity index (χ1v) is 11.8. The molecule has 0 radical (unpaired) electrons. The van der Waals surface area contributed by atoms with Crippen LogP contribution in [0.1, 0.15) is 34.4 Å². The topological polar surface area (TPSA) is 52.0 Å². The predicted molar refractivity (Wildman–Crippen MR) is 128 cm³/mol. The van der Waals surface area contributed by atoms with Crippen molar-refractivity contribution >= 4 is 23.4 Å². The zero-order valence-electron chi connectivity index (χ0n) is 17.8. The number of rotatable bonds is 3. The Balaban J connectivity index is 1.60. The van der Waals surface area contributed by atoms with Crippen molar-refractivity contribution in [3.8, 4) is 5.75 Å². The van der Waals surface area contributed by atoms with Crippen LogP contribution in [0.25, 0.3) is 5.70 Å². The van der Waals surface area contributed by atoms with Gasteiger partial charge in [0.15, 0.2) is 0 Å². The Hall–Kier alpha value is -3.51. The quantitative estimate of drug-likeness (QED) is 0.406. The second-order valence-electron chi connectivity index (χ2n) is 8.06. The van der Waals surface area contributed by atoms with Crippen molar-refractivity contribution in [1.29, 1.82) is 0 Å². The standard InChI is InChI=1S/C26H22N4OS/c1-16-7-9-17(10-8-16)24-22-23(29-26-27-15-28-30(24)26)20-5-3-4-6-21(20)31-25(22)18-11-13-19(32-2)14-12-18/h3-15,24-25H,1-2H3,(H,27,28,29)/t24-,25+/m0/s1. The van der Waals surface area contributed by atoms with Crippen LogP contribution >= 0.6 is 11.8 Å². The number of aromatic nitrogens is 3. The third-order valence-electron chi connectivity index (χ3n) is 6.13. The first kappa shape index (κ1) is 19.2. The molecule has 0 spiro atoms. The zero-order valence-corrected chi connectivity index (χ0v) is 18.6. The number of nitrogens with one attached hydrogen (secondary N) is 1. The van der Waals surface area contributed by atoms with Crippen LogP contribution in [0.15, 0.2) is 89.6 Å². The van der Waals surface area contributed by atoms with E-state index in [1.54, 1.807) is 18.1 Å². The van der Waals surface area contributed by atoms with Gasteiger partial charge in [0.1, 0.15) is 24.2 Å². The predicted octanol–water partition coefficient (Wildman–Crippen LogP) is 5.87. The molecule has 3 aromatic carbocycles. The van der Waals surface area contributed by atoms with Gasteiger partial charge in [-0.1, -0.05) is 54.1 Å². The molecule has 0 saturated heterocycles. The van der Waals surface area contributed by atoms with Gasteiger partial charge in [-0.25, -0.2) is 4.68 Å². The van der Waals surface area contributed by atoms with Crippen molar-refractivity contribution in [2.24, 2.45) is 0 Å². The minimum atomic E-state index is -0.244. The number of nitrogens with zero attached hydrogens (tertiary/aromatic N) is 3. The van der Waals surface area contributed by atoms with Gasteiger partial charge in [-0.15, -0.1) is 11.8 Å². The molecule has 2 atom stereocenters. The summed E-state index contributed by atoms with van der Waals surface area (Å²) in [6.45, 7) is 2.11. The number of thioether (sulfide) groups is 1. The van der Waals surface area contributed by atoms with Gasteiger partial charge in [-0.05, 0) is 48.6 Å². The van der Waals surface area contributed by atoms with Crippen molar-refractivity contribution in [3.63, 3.8) is 0 Å². The molecule has 0 aliphatic carbocycles. The van der Waals surface area contributed by atoms with Gasteiger partial charge in [-0.3, -0.25) is 0 Å². The lowest BCUT2D eigenvalue weighted by Crippen LogP contribution is -2.32. The highest BCUT2D eigenvalue weighted by atomic mass is 32.2. The van der Waals surface area contributed by atoms with Gasteiger partial charge in [0.2, 0.25) is 5.95 Å². The summed E-state index contributed by atoms with van der Waals surface area (Å²) in [5.41, 5.74) is 6.74. The van der Waals surface area contributed by atoms with E-state index in [9.17, 15) is 0 Å². The molecule has 2 aliphatic heterocycles. The van der Waals surface area contributed by atoms with E-state index in [-0.39, 0.29) is 12.1 Å². The Bertz CT molecular complexity index is 1320. The third-order valence-corrected chi connectivity index (χ3v) is 6.88. The maximum absolute atomic E-state index is 6.66. The van der Waals surface area contributed by atoms with Crippen molar-refractivity contribution < 1.29 is 4.74 Å². The smallest absolute Gasteiger partial charge is 0.226 e. The number of anilines is 1. The van der Waals surface area contributed by atoms with Gasteiger partial charge in [0, 0.05) is 16.0 Å². The fourth-order valence-electron chi connectivity index (χ4n) is 4.54. The molecule has 6 rings (SSSR count). The van der Waals surface area contributed by atoms with Gasteiger partial charge >= 0.3 is 0 Å². The maximum Gasteiger partial charge on any atom is 0.226 e. The summed E-state index contributed by atoms with van der Waals surface area (Å²) < 4.78 is 8.62. The molecule has 0 saturated carbocycles. The van der Waals surface area contributed by atoms with Gasteiger partial charge in [0.25, 0.3) is 0 Å². The number of aryl methyl sites for hydroxylation is 1. The third kappa shape index (κ3) is 3.02. The lowest BCUT2D eigenvalue weighted by molar-refractivity contribution is 0.223. The summed E-state index contributed by atoms with van der Waals surface area (Å²) in [5.74, 6) is 1.61. The normalized spacial score (nSPS) is 18.8. The van der Waals surface area contributed by atoms with Crippen molar-refractivity contribution in [1.82, 2.24) is 14.8 Å². The number of benzene rings is 3. The molecule has 158 valence electrons. The maximum atomic E-state index is 6.66. The molecule has 2 aliphatic rings. The van der Waals surface area contributed by atoms with Crippen molar-refractivity contribution in [2.45, 2.75) is 24.0 Å². The molecule has 32 heavy (non-hydrogen) atoms. The summed E-state index contributed by atoms with van der Waals surface area (Å²) >= 11 is 1.74. The van der Waals surface area contributed by atoms with E-state index in [2.05, 4.69) is 83.2 Å². The van der Waals surface area contributed by atoms with Crippen LogP contribution in [0.5, 0.6) is 5.75 Å². The molecule has 1 N–H and O–H groups in total. The average molecular weight is 439 g/mol. The van der Waals surface area contributed by atoms with Crippen molar-refractivity contribution in [2.75, 3.05) is 11.6 Å². The fraction of sp³-hybridized carbons (Fsp3) is 0.154. The molecule has 0 bridgehead atoms. The highest BCUT2D eigenvalue weighted by Gasteiger charge is 2.40. The fourth-order valence-corrected chi connectivity index (χ4v) is 4.95. The highest BCUT2D eigenvalue weighted by molar-refractivity contribution is 7.98. The SMILES string of the molecule is CSc1ccc([C@H]2Oc3ccccc3C3=C2[C@H](c2ccc(C)cc2)n2ncnc2N3)cc1. The first-order valence-electron chi connectivity index (χ1n) is 10.6. The van der Waals surface area contributed by atoms with Crippen LogP contribution < -0.4 is 10.1 Å². The minimum Gasteiger partial charge on any atom is -0.480 e. The van der Waals surface area contributed by atoms with E-state index in [0.29, 0.717) is 0 Å². The molecular formula is C26H22N4OS. The Morgan fingerprint density at radius 1 is 0.938 bits per heavy atom. The number of para-hydroxylation sites is 1. The average Bonchev–Trinajstić information content (AvgIpc) is 3.31. The number of hydrogen-bond donors (Lipinski definition) is 1. The lowest BCUT2D eigenvalue weighted by Gasteiger charge is -2.39. The summed E-state index contributed by atoms with van der Waals surface area (Å²) in [5, 5.41) is 8.14. The van der Waals surface area contributed by atoms with Crippen LogP contribution in [0.4, 0.5) is 5.95 Å². The number of hydrogen-bond acceptors (Lipinski definition) is 5. The molecule has 4 aromatic rings. The molecule has 3 heterocycles. The van der Waals surface area contributed by atoms with Crippen LogP contribution in [-0.4, -0.2) is 21.0 Å². The molecule has 6 heteroatoms. The minimum absolute atomic E-state index is 0.122. The highest BCUT2D eigenvalue weighted by Crippen LogP contribution is 2.50. The first-order chi connectivity index (χ1) is 15.7. The van der Waals surface area contributed by atoms with E-state index in [0.717, 1.165) is 39.7 Å². The van der Waals surface area contributed by atoms with E-state index < -0.39 is 0 Å². The molecule has 5 nitrogen and oxygen atoms in total. The Kier molecular flexibility index (Phi) is 4.54. The van der Waals surface area contributed by atoms with Crippen molar-refractivity contribution in [3.05, 3.63) is 107 Å². The summed E-state index contributed by atoms with van der Waals surface area (Å²) in [7, 11) is 0. The second-order valence-corrected chi connectivity index (χ2v) is 8.94. The van der Waals surface area contributed by atoms with E-state index in [4.69, 9.17) is 4.74 Å². The Morgan fingerprint density at radius 3 is 2.47 bits per heavy atom. The Labute approximate surface area is 191 Å². The lowest BCUT2D eigenvalue weighted by atomic mass is 9.84. The molecule has 0 amide bonds. The summed E-state index contributed by atoms with van der Waals surface area (Å²) in [6, 6.07) is 25.4. The number of ether oxygens (including phenoxy) is 1. The Morgan fingerprint density at radius 2 is 1.69 bits per heavy atom. The number of fused-ring (bicyclic) bond motifs is 3.